The van der Waals surface area contributed by atoms with Gasteiger partial charge in [-0.2, -0.15) is 8.75 Å². The first-order valence-electron chi connectivity index (χ1n) is 4.17. The Morgan fingerprint density at radius 3 is 3.08 bits per heavy atom. The van der Waals surface area contributed by atoms with E-state index < -0.39 is 0 Å². The second-order valence-corrected chi connectivity index (χ2v) is 3.75. The van der Waals surface area contributed by atoms with Crippen LogP contribution in [0.1, 0.15) is 36.2 Å². The Balaban J connectivity index is 1.83. The lowest BCUT2D eigenvalue weighted by molar-refractivity contribution is 0.0974. The second kappa shape index (κ2) is 3.31. The molecule has 3 nitrogen and oxygen atoms in total. The SMILES string of the molecule is O=C(CCC1CC1)c1cnsn1. The van der Waals surface area contributed by atoms with Crippen molar-refractivity contribution in [1.29, 1.82) is 0 Å². The van der Waals surface area contributed by atoms with E-state index in [1.165, 1.54) is 12.8 Å². The molecule has 2 rings (SSSR count). The molecule has 0 unspecified atom stereocenters. The van der Waals surface area contributed by atoms with E-state index in [0.29, 0.717) is 12.1 Å². The van der Waals surface area contributed by atoms with Crippen LogP contribution in [-0.2, 0) is 0 Å². The van der Waals surface area contributed by atoms with Crippen LogP contribution in [0.2, 0.25) is 0 Å². The van der Waals surface area contributed by atoms with E-state index in [1.807, 2.05) is 0 Å². The summed E-state index contributed by atoms with van der Waals surface area (Å²) in [5.74, 6) is 0.969. The van der Waals surface area contributed by atoms with Gasteiger partial charge in [0.25, 0.3) is 0 Å². The van der Waals surface area contributed by atoms with E-state index in [4.69, 9.17) is 0 Å². The Kier molecular flexibility index (Phi) is 2.17. The fourth-order valence-electron chi connectivity index (χ4n) is 1.16. The van der Waals surface area contributed by atoms with Gasteiger partial charge in [0.05, 0.1) is 17.9 Å². The van der Waals surface area contributed by atoms with Crippen molar-refractivity contribution in [2.75, 3.05) is 0 Å². The van der Waals surface area contributed by atoms with Gasteiger partial charge in [0.1, 0.15) is 5.69 Å². The summed E-state index contributed by atoms with van der Waals surface area (Å²) in [4.78, 5) is 11.3. The van der Waals surface area contributed by atoms with Gasteiger partial charge in [0.15, 0.2) is 5.78 Å². The summed E-state index contributed by atoms with van der Waals surface area (Å²) in [7, 11) is 0. The molecular formula is C8H10N2OS. The minimum atomic E-state index is 0.149. The van der Waals surface area contributed by atoms with E-state index in [1.54, 1.807) is 6.20 Å². The maximum Gasteiger partial charge on any atom is 0.183 e. The number of ketones is 1. The van der Waals surface area contributed by atoms with Gasteiger partial charge in [0.2, 0.25) is 0 Å². The zero-order valence-electron chi connectivity index (χ0n) is 6.69. The first-order valence-corrected chi connectivity index (χ1v) is 4.90. The van der Waals surface area contributed by atoms with Gasteiger partial charge in [-0.1, -0.05) is 12.8 Å². The van der Waals surface area contributed by atoms with Crippen LogP contribution in [0.4, 0.5) is 0 Å². The van der Waals surface area contributed by atoms with Crippen molar-refractivity contribution in [3.8, 4) is 0 Å². The molecule has 1 saturated carbocycles. The van der Waals surface area contributed by atoms with Crippen molar-refractivity contribution < 1.29 is 4.79 Å². The molecule has 0 atom stereocenters. The molecule has 1 aromatic heterocycles. The molecule has 4 heteroatoms. The highest BCUT2D eigenvalue weighted by Crippen LogP contribution is 2.33. The molecule has 0 amide bonds. The van der Waals surface area contributed by atoms with Gasteiger partial charge in [-0.25, -0.2) is 0 Å². The summed E-state index contributed by atoms with van der Waals surface area (Å²) in [6, 6.07) is 0. The fourth-order valence-corrected chi connectivity index (χ4v) is 1.59. The average Bonchev–Trinajstić information content (AvgIpc) is 2.74. The molecule has 0 aromatic carbocycles. The van der Waals surface area contributed by atoms with Crippen molar-refractivity contribution in [2.24, 2.45) is 5.92 Å². The average molecular weight is 182 g/mol. The zero-order chi connectivity index (χ0) is 8.39. The summed E-state index contributed by atoms with van der Waals surface area (Å²) in [5, 5.41) is 0. The lowest BCUT2D eigenvalue weighted by atomic mass is 10.1. The molecule has 0 N–H and O–H groups in total. The number of hydrogen-bond acceptors (Lipinski definition) is 4. The summed E-state index contributed by atoms with van der Waals surface area (Å²) < 4.78 is 7.69. The van der Waals surface area contributed by atoms with E-state index in [9.17, 15) is 4.79 Å². The molecule has 0 radical (unpaired) electrons. The van der Waals surface area contributed by atoms with Crippen LogP contribution < -0.4 is 0 Å². The van der Waals surface area contributed by atoms with E-state index in [-0.39, 0.29) is 5.78 Å². The number of carbonyl (C=O) groups is 1. The van der Waals surface area contributed by atoms with Crippen molar-refractivity contribution in [2.45, 2.75) is 25.7 Å². The van der Waals surface area contributed by atoms with Gasteiger partial charge >= 0.3 is 0 Å². The molecule has 0 bridgehead atoms. The lowest BCUT2D eigenvalue weighted by Crippen LogP contribution is -1.99. The highest BCUT2D eigenvalue weighted by atomic mass is 32.1. The number of nitrogens with zero attached hydrogens (tertiary/aromatic N) is 2. The highest BCUT2D eigenvalue weighted by Gasteiger charge is 2.22. The zero-order valence-corrected chi connectivity index (χ0v) is 7.51. The Morgan fingerprint density at radius 2 is 2.50 bits per heavy atom. The Morgan fingerprint density at radius 1 is 1.67 bits per heavy atom. The third-order valence-corrected chi connectivity index (χ3v) is 2.60. The van der Waals surface area contributed by atoms with Crippen LogP contribution in [-0.4, -0.2) is 14.5 Å². The van der Waals surface area contributed by atoms with Crippen molar-refractivity contribution in [1.82, 2.24) is 8.75 Å². The topological polar surface area (TPSA) is 42.9 Å². The van der Waals surface area contributed by atoms with Gasteiger partial charge < -0.3 is 0 Å². The number of carbonyl (C=O) groups excluding carboxylic acids is 1. The van der Waals surface area contributed by atoms with Crippen LogP contribution >= 0.6 is 11.7 Å². The van der Waals surface area contributed by atoms with Crippen LogP contribution in [0.5, 0.6) is 0 Å². The molecule has 1 aromatic rings. The first-order chi connectivity index (χ1) is 5.86. The molecule has 1 heterocycles. The molecule has 64 valence electrons. The fraction of sp³-hybridized carbons (Fsp3) is 0.625. The maximum absolute atomic E-state index is 11.3. The number of aromatic nitrogens is 2. The van der Waals surface area contributed by atoms with E-state index in [2.05, 4.69) is 8.75 Å². The van der Waals surface area contributed by atoms with Crippen LogP contribution in [0.25, 0.3) is 0 Å². The van der Waals surface area contributed by atoms with Crippen LogP contribution in [0, 0.1) is 5.92 Å². The van der Waals surface area contributed by atoms with E-state index >= 15 is 0 Å². The number of Topliss-reactive ketones (excluding diaryl/α,β-unsaturated/α-hetero) is 1. The van der Waals surface area contributed by atoms with Crippen molar-refractivity contribution in [3.05, 3.63) is 11.9 Å². The maximum atomic E-state index is 11.3. The molecule has 0 spiro atoms. The van der Waals surface area contributed by atoms with E-state index in [0.717, 1.165) is 24.1 Å². The minimum Gasteiger partial charge on any atom is -0.292 e. The molecule has 12 heavy (non-hydrogen) atoms. The first kappa shape index (κ1) is 7.86. The Bertz CT molecular complexity index is 267. The molecule has 1 aliphatic rings. The highest BCUT2D eigenvalue weighted by molar-refractivity contribution is 6.99. The molecule has 0 saturated heterocycles. The normalized spacial score (nSPS) is 16.3. The van der Waals surface area contributed by atoms with Gasteiger partial charge in [0, 0.05) is 6.42 Å². The third kappa shape index (κ3) is 1.88. The van der Waals surface area contributed by atoms with Crippen LogP contribution in [0.3, 0.4) is 0 Å². The molecule has 1 fully saturated rings. The summed E-state index contributed by atoms with van der Waals surface area (Å²) >= 11 is 1.10. The molecule has 0 aliphatic heterocycles. The Labute approximate surface area is 75.1 Å². The van der Waals surface area contributed by atoms with Crippen molar-refractivity contribution >= 4 is 17.5 Å². The van der Waals surface area contributed by atoms with Crippen molar-refractivity contribution in [3.63, 3.8) is 0 Å². The molecular weight excluding hydrogens is 172 g/mol. The summed E-state index contributed by atoms with van der Waals surface area (Å²) in [5.41, 5.74) is 0.542. The molecule has 1 aliphatic carbocycles. The second-order valence-electron chi connectivity index (χ2n) is 3.20. The summed E-state index contributed by atoms with van der Waals surface area (Å²) in [6.45, 7) is 0. The Hall–Kier alpha value is -0.770. The largest absolute Gasteiger partial charge is 0.292 e. The standard InChI is InChI=1S/C8H10N2OS/c11-8(4-3-6-1-2-6)7-5-9-12-10-7/h5-6H,1-4H2. The quantitative estimate of drug-likeness (QED) is 0.668. The third-order valence-electron chi connectivity index (χ3n) is 2.12. The smallest absolute Gasteiger partial charge is 0.183 e. The van der Waals surface area contributed by atoms with Gasteiger partial charge in [-0.05, 0) is 12.3 Å². The summed E-state index contributed by atoms with van der Waals surface area (Å²) in [6.07, 6.45) is 5.86. The number of rotatable bonds is 4. The van der Waals surface area contributed by atoms with Gasteiger partial charge in [-0.15, -0.1) is 0 Å². The van der Waals surface area contributed by atoms with Gasteiger partial charge in [-0.3, -0.25) is 4.79 Å². The van der Waals surface area contributed by atoms with Crippen LogP contribution in [0.15, 0.2) is 6.20 Å². The predicted octanol–water partition coefficient (Wildman–Crippen LogP) is 1.91. The lowest BCUT2D eigenvalue weighted by Gasteiger charge is -1.93. The predicted molar refractivity (Wildman–Crippen MR) is 46.2 cm³/mol. The monoisotopic (exact) mass is 182 g/mol. The minimum absolute atomic E-state index is 0.149. The number of hydrogen-bond donors (Lipinski definition) is 0.